The van der Waals surface area contributed by atoms with Crippen LogP contribution in [-0.2, 0) is 10.8 Å². The lowest BCUT2D eigenvalue weighted by molar-refractivity contribution is 0.195. The molecule has 0 aliphatic rings. The highest BCUT2D eigenvalue weighted by atomic mass is 79.9. The maximum atomic E-state index is 11.9. The molecular formula is C11H16BrNO2S. The summed E-state index contributed by atoms with van der Waals surface area (Å²) in [4.78, 5) is 0.741. The van der Waals surface area contributed by atoms with Crippen LogP contribution in [0, 0.1) is 0 Å². The predicted molar refractivity (Wildman–Crippen MR) is 70.0 cm³/mol. The van der Waals surface area contributed by atoms with Crippen molar-refractivity contribution < 1.29 is 9.32 Å². The second-order valence-electron chi connectivity index (χ2n) is 3.43. The van der Waals surface area contributed by atoms with Gasteiger partial charge in [-0.25, -0.2) is 0 Å². The summed E-state index contributed by atoms with van der Waals surface area (Å²) in [5.41, 5.74) is 0. The summed E-state index contributed by atoms with van der Waals surface area (Å²) in [5.74, 6) is 0.267. The number of likely N-dealkylation sites (N-methyl/N-ethyl adjacent to an activating group) is 1. The van der Waals surface area contributed by atoms with Gasteiger partial charge >= 0.3 is 0 Å². The van der Waals surface area contributed by atoms with Gasteiger partial charge in [0.2, 0.25) is 0 Å². The first kappa shape index (κ1) is 13.8. The van der Waals surface area contributed by atoms with E-state index in [-0.39, 0.29) is 5.75 Å². The summed E-state index contributed by atoms with van der Waals surface area (Å²) >= 11 is 3.33. The zero-order valence-corrected chi connectivity index (χ0v) is 11.6. The van der Waals surface area contributed by atoms with E-state index in [1.165, 1.54) is 0 Å². The molecule has 2 N–H and O–H groups in total. The maximum Gasteiger partial charge on any atom is 0.0783 e. The van der Waals surface area contributed by atoms with E-state index in [1.807, 2.05) is 25.1 Å². The molecule has 0 fully saturated rings. The fourth-order valence-electron chi connectivity index (χ4n) is 1.25. The minimum Gasteiger partial charge on any atom is -0.391 e. The van der Waals surface area contributed by atoms with Gasteiger partial charge in [-0.3, -0.25) is 4.21 Å². The van der Waals surface area contributed by atoms with Gasteiger partial charge in [-0.15, -0.1) is 0 Å². The van der Waals surface area contributed by atoms with Crippen LogP contribution in [0.25, 0.3) is 0 Å². The van der Waals surface area contributed by atoms with E-state index in [2.05, 4.69) is 21.2 Å². The van der Waals surface area contributed by atoms with Gasteiger partial charge in [0.05, 0.1) is 22.7 Å². The largest absolute Gasteiger partial charge is 0.391 e. The molecule has 5 heteroatoms. The number of halogens is 1. The number of hydrogen-bond donors (Lipinski definition) is 2. The van der Waals surface area contributed by atoms with Crippen molar-refractivity contribution in [1.82, 2.24) is 5.32 Å². The molecular weight excluding hydrogens is 290 g/mol. The van der Waals surface area contributed by atoms with E-state index in [0.29, 0.717) is 6.54 Å². The molecule has 1 aromatic rings. The molecule has 0 radical (unpaired) electrons. The van der Waals surface area contributed by atoms with Crippen LogP contribution >= 0.6 is 15.9 Å². The second kappa shape index (κ2) is 7.17. The van der Waals surface area contributed by atoms with Crippen LogP contribution in [0.4, 0.5) is 0 Å². The summed E-state index contributed by atoms with van der Waals surface area (Å²) in [6.07, 6.45) is -0.570. The van der Waals surface area contributed by atoms with Crippen molar-refractivity contribution in [3.8, 4) is 0 Å². The van der Waals surface area contributed by atoms with Crippen molar-refractivity contribution in [2.24, 2.45) is 0 Å². The van der Waals surface area contributed by atoms with E-state index in [9.17, 15) is 9.32 Å². The molecule has 0 aliphatic heterocycles. The Morgan fingerprint density at radius 3 is 2.94 bits per heavy atom. The molecule has 1 rings (SSSR count). The Balaban J connectivity index is 2.52. The summed E-state index contributed by atoms with van der Waals surface area (Å²) in [6, 6.07) is 7.35. The number of rotatable bonds is 6. The number of benzene rings is 1. The molecule has 0 saturated carbocycles. The highest BCUT2D eigenvalue weighted by Crippen LogP contribution is 2.15. The fraction of sp³-hybridized carbons (Fsp3) is 0.455. The molecule has 0 saturated heterocycles. The minimum absolute atomic E-state index is 0.267. The summed E-state index contributed by atoms with van der Waals surface area (Å²) in [7, 11) is -1.15. The van der Waals surface area contributed by atoms with Crippen molar-refractivity contribution in [3.05, 3.63) is 28.7 Å². The molecule has 90 valence electrons. The molecule has 0 spiro atoms. The smallest absolute Gasteiger partial charge is 0.0783 e. The van der Waals surface area contributed by atoms with Crippen LogP contribution in [0.2, 0.25) is 0 Å². The highest BCUT2D eigenvalue weighted by Gasteiger charge is 2.10. The maximum absolute atomic E-state index is 11.9. The van der Waals surface area contributed by atoms with Gasteiger partial charge in [0.15, 0.2) is 0 Å². The predicted octanol–water partition coefficient (Wildman–Crippen LogP) is 1.53. The SMILES string of the molecule is CCNCC(O)CS(=O)c1cccc(Br)c1. The molecule has 0 heterocycles. The number of aliphatic hydroxyl groups excluding tert-OH is 1. The molecule has 3 nitrogen and oxygen atoms in total. The Bertz CT molecular complexity index is 360. The Morgan fingerprint density at radius 1 is 1.56 bits per heavy atom. The molecule has 0 bridgehead atoms. The summed E-state index contributed by atoms with van der Waals surface area (Å²) in [5, 5.41) is 12.6. The molecule has 2 atom stereocenters. The molecule has 16 heavy (non-hydrogen) atoms. The molecule has 2 unspecified atom stereocenters. The third kappa shape index (κ3) is 4.74. The van der Waals surface area contributed by atoms with E-state index in [1.54, 1.807) is 6.07 Å². The first-order valence-corrected chi connectivity index (χ1v) is 7.27. The average Bonchev–Trinajstić information content (AvgIpc) is 2.26. The van der Waals surface area contributed by atoms with Crippen LogP contribution < -0.4 is 5.32 Å². The first-order valence-electron chi connectivity index (χ1n) is 5.16. The number of aliphatic hydroxyl groups is 1. The summed E-state index contributed by atoms with van der Waals surface area (Å²) < 4.78 is 12.8. The van der Waals surface area contributed by atoms with Crippen molar-refractivity contribution >= 4 is 26.7 Å². The standard InChI is InChI=1S/C11H16BrNO2S/c1-2-13-7-10(14)8-16(15)11-5-3-4-9(12)6-11/h3-6,10,13-14H,2,7-8H2,1H3. The number of hydrogen-bond acceptors (Lipinski definition) is 3. The van der Waals surface area contributed by atoms with Crippen LogP contribution in [0.3, 0.4) is 0 Å². The van der Waals surface area contributed by atoms with Gasteiger partial charge in [-0.2, -0.15) is 0 Å². The fourth-order valence-corrected chi connectivity index (χ4v) is 2.95. The summed E-state index contributed by atoms with van der Waals surface area (Å²) in [6.45, 7) is 3.26. The quantitative estimate of drug-likeness (QED) is 0.838. The lowest BCUT2D eigenvalue weighted by Gasteiger charge is -2.10. The lowest BCUT2D eigenvalue weighted by Crippen LogP contribution is -2.30. The number of nitrogens with one attached hydrogen (secondary N) is 1. The first-order chi connectivity index (χ1) is 7.63. The Morgan fingerprint density at radius 2 is 2.31 bits per heavy atom. The normalized spacial score (nSPS) is 14.7. The van der Waals surface area contributed by atoms with Crippen LogP contribution in [0.5, 0.6) is 0 Å². The Kier molecular flexibility index (Phi) is 6.20. The zero-order valence-electron chi connectivity index (χ0n) is 9.15. The van der Waals surface area contributed by atoms with E-state index >= 15 is 0 Å². The van der Waals surface area contributed by atoms with Crippen molar-refractivity contribution in [1.29, 1.82) is 0 Å². The zero-order chi connectivity index (χ0) is 12.0. The molecule has 0 aliphatic carbocycles. The van der Waals surface area contributed by atoms with Crippen LogP contribution in [0.15, 0.2) is 33.6 Å². The van der Waals surface area contributed by atoms with E-state index in [4.69, 9.17) is 0 Å². The Hall–Kier alpha value is -0.230. The monoisotopic (exact) mass is 305 g/mol. The van der Waals surface area contributed by atoms with E-state index in [0.717, 1.165) is 15.9 Å². The second-order valence-corrected chi connectivity index (χ2v) is 5.84. The van der Waals surface area contributed by atoms with E-state index < -0.39 is 16.9 Å². The van der Waals surface area contributed by atoms with Gasteiger partial charge in [0, 0.05) is 15.9 Å². The lowest BCUT2D eigenvalue weighted by atomic mass is 10.4. The minimum atomic E-state index is -1.15. The van der Waals surface area contributed by atoms with Gasteiger partial charge in [0.1, 0.15) is 0 Å². The van der Waals surface area contributed by atoms with Gasteiger partial charge in [-0.05, 0) is 24.7 Å². The van der Waals surface area contributed by atoms with Crippen molar-refractivity contribution in [2.75, 3.05) is 18.8 Å². The topological polar surface area (TPSA) is 49.3 Å². The molecule has 0 amide bonds. The van der Waals surface area contributed by atoms with Crippen molar-refractivity contribution in [2.45, 2.75) is 17.9 Å². The third-order valence-corrected chi connectivity index (χ3v) is 3.99. The van der Waals surface area contributed by atoms with Crippen molar-refractivity contribution in [3.63, 3.8) is 0 Å². The van der Waals surface area contributed by atoms with Crippen LogP contribution in [0.1, 0.15) is 6.92 Å². The van der Waals surface area contributed by atoms with Gasteiger partial charge in [-0.1, -0.05) is 28.9 Å². The van der Waals surface area contributed by atoms with Gasteiger partial charge < -0.3 is 10.4 Å². The average molecular weight is 306 g/mol. The van der Waals surface area contributed by atoms with Crippen LogP contribution in [-0.4, -0.2) is 34.3 Å². The van der Waals surface area contributed by atoms with Gasteiger partial charge in [0.25, 0.3) is 0 Å². The molecule has 1 aromatic carbocycles. The third-order valence-electron chi connectivity index (χ3n) is 2.03. The highest BCUT2D eigenvalue weighted by molar-refractivity contribution is 9.10. The Labute approximate surface area is 107 Å². The molecule has 0 aromatic heterocycles.